The SMILES string of the molecule is C=C(C)C(=O)OC1=CC=C2C=C(c3ccc(OC)cc3)C(=O)OC2C1. The molecule has 0 aromatic heterocycles. The summed E-state index contributed by atoms with van der Waals surface area (Å²) in [7, 11) is 1.59. The van der Waals surface area contributed by atoms with Gasteiger partial charge in [0.05, 0.1) is 12.7 Å². The maximum absolute atomic E-state index is 12.4. The molecule has 0 amide bonds. The minimum Gasteiger partial charge on any atom is -0.497 e. The van der Waals surface area contributed by atoms with Crippen molar-refractivity contribution in [2.24, 2.45) is 0 Å². The lowest BCUT2D eigenvalue weighted by atomic mass is 9.93. The Morgan fingerprint density at radius 3 is 2.60 bits per heavy atom. The van der Waals surface area contributed by atoms with Crippen molar-refractivity contribution in [2.75, 3.05) is 7.11 Å². The van der Waals surface area contributed by atoms with Gasteiger partial charge >= 0.3 is 11.9 Å². The number of ether oxygens (including phenoxy) is 3. The molecule has 1 aromatic carbocycles. The van der Waals surface area contributed by atoms with Crippen molar-refractivity contribution in [3.8, 4) is 5.75 Å². The van der Waals surface area contributed by atoms with Crippen LogP contribution in [0.4, 0.5) is 0 Å². The third-order valence-corrected chi connectivity index (χ3v) is 3.97. The normalized spacial score (nSPS) is 18.9. The van der Waals surface area contributed by atoms with Crippen molar-refractivity contribution in [1.29, 1.82) is 0 Å². The summed E-state index contributed by atoms with van der Waals surface area (Å²) >= 11 is 0. The fourth-order valence-corrected chi connectivity index (χ4v) is 2.59. The summed E-state index contributed by atoms with van der Waals surface area (Å²) in [6, 6.07) is 7.21. The first kappa shape index (κ1) is 16.8. The van der Waals surface area contributed by atoms with Crippen LogP contribution in [0.3, 0.4) is 0 Å². The van der Waals surface area contributed by atoms with E-state index in [0.717, 1.165) is 16.9 Å². The number of carbonyl (C=O) groups is 2. The van der Waals surface area contributed by atoms with Gasteiger partial charge in [0.1, 0.15) is 17.6 Å². The molecule has 0 saturated heterocycles. The van der Waals surface area contributed by atoms with Gasteiger partial charge in [0.25, 0.3) is 0 Å². The Kier molecular flexibility index (Phi) is 4.57. The van der Waals surface area contributed by atoms with Crippen LogP contribution in [-0.2, 0) is 19.1 Å². The average Bonchev–Trinajstić information content (AvgIpc) is 2.61. The molecule has 1 aliphatic carbocycles. The smallest absolute Gasteiger partial charge is 0.339 e. The monoisotopic (exact) mass is 338 g/mol. The minimum atomic E-state index is -0.486. The molecule has 1 heterocycles. The first-order valence-electron chi connectivity index (χ1n) is 7.83. The molecule has 0 radical (unpaired) electrons. The topological polar surface area (TPSA) is 61.8 Å². The maximum Gasteiger partial charge on any atom is 0.339 e. The maximum atomic E-state index is 12.4. The summed E-state index contributed by atoms with van der Waals surface area (Å²) in [4.78, 5) is 24.0. The van der Waals surface area contributed by atoms with Gasteiger partial charge in [-0.1, -0.05) is 24.8 Å². The second-order valence-electron chi connectivity index (χ2n) is 5.85. The van der Waals surface area contributed by atoms with Gasteiger partial charge in [-0.25, -0.2) is 9.59 Å². The Labute approximate surface area is 145 Å². The molecule has 0 spiro atoms. The van der Waals surface area contributed by atoms with Crippen molar-refractivity contribution in [1.82, 2.24) is 0 Å². The van der Waals surface area contributed by atoms with E-state index < -0.39 is 18.0 Å². The third kappa shape index (κ3) is 3.55. The van der Waals surface area contributed by atoms with Crippen molar-refractivity contribution in [3.05, 3.63) is 71.5 Å². The molecule has 0 fully saturated rings. The summed E-state index contributed by atoms with van der Waals surface area (Å²) < 4.78 is 15.9. The number of hydrogen-bond donors (Lipinski definition) is 0. The lowest BCUT2D eigenvalue weighted by molar-refractivity contribution is -0.141. The van der Waals surface area contributed by atoms with Crippen molar-refractivity contribution in [2.45, 2.75) is 19.4 Å². The quantitative estimate of drug-likeness (QED) is 0.622. The van der Waals surface area contributed by atoms with Crippen LogP contribution < -0.4 is 4.74 Å². The molecule has 2 aliphatic rings. The molecule has 1 unspecified atom stereocenters. The number of benzene rings is 1. The Bertz CT molecular complexity index is 824. The molecule has 0 bridgehead atoms. The predicted molar refractivity (Wildman–Crippen MR) is 92.5 cm³/mol. The molecule has 1 aliphatic heterocycles. The van der Waals surface area contributed by atoms with E-state index in [4.69, 9.17) is 14.2 Å². The van der Waals surface area contributed by atoms with Gasteiger partial charge in [-0.15, -0.1) is 0 Å². The van der Waals surface area contributed by atoms with Crippen LogP contribution in [0.5, 0.6) is 5.75 Å². The highest BCUT2D eigenvalue weighted by Crippen LogP contribution is 2.33. The summed E-state index contributed by atoms with van der Waals surface area (Å²) in [6.45, 7) is 5.13. The lowest BCUT2D eigenvalue weighted by Crippen LogP contribution is -2.28. The molecule has 1 atom stereocenters. The average molecular weight is 338 g/mol. The van der Waals surface area contributed by atoms with Gasteiger partial charge in [-0.3, -0.25) is 0 Å². The Morgan fingerprint density at radius 1 is 1.24 bits per heavy atom. The minimum absolute atomic E-state index is 0.318. The van der Waals surface area contributed by atoms with Crippen LogP contribution in [0.1, 0.15) is 18.9 Å². The van der Waals surface area contributed by atoms with E-state index in [0.29, 0.717) is 23.3 Å². The Balaban J connectivity index is 1.85. The van der Waals surface area contributed by atoms with Crippen molar-refractivity contribution in [3.63, 3.8) is 0 Å². The zero-order valence-electron chi connectivity index (χ0n) is 14.1. The summed E-state index contributed by atoms with van der Waals surface area (Å²) in [5.41, 5.74) is 2.42. The van der Waals surface area contributed by atoms with Crippen LogP contribution in [0.2, 0.25) is 0 Å². The molecule has 5 nitrogen and oxygen atoms in total. The zero-order chi connectivity index (χ0) is 18.0. The highest BCUT2D eigenvalue weighted by molar-refractivity contribution is 6.18. The van der Waals surface area contributed by atoms with E-state index >= 15 is 0 Å². The fraction of sp³-hybridized carbons (Fsp3) is 0.200. The standard InChI is InChI=1S/C20H18O5/c1-12(2)19(21)24-16-9-6-14-10-17(20(22)25-18(14)11-16)13-4-7-15(23-3)8-5-13/h4-10,18H,1,11H2,2-3H3. The summed E-state index contributed by atoms with van der Waals surface area (Å²) in [5, 5.41) is 0. The van der Waals surface area contributed by atoms with E-state index in [1.807, 2.05) is 18.2 Å². The van der Waals surface area contributed by atoms with Gasteiger partial charge in [0.15, 0.2) is 0 Å². The number of carbonyl (C=O) groups excluding carboxylic acids is 2. The van der Waals surface area contributed by atoms with Crippen LogP contribution in [0.15, 0.2) is 66.0 Å². The molecule has 0 saturated carbocycles. The fourth-order valence-electron chi connectivity index (χ4n) is 2.59. The number of esters is 2. The Morgan fingerprint density at radius 2 is 1.96 bits per heavy atom. The van der Waals surface area contributed by atoms with E-state index in [9.17, 15) is 9.59 Å². The van der Waals surface area contributed by atoms with E-state index in [2.05, 4.69) is 6.58 Å². The second kappa shape index (κ2) is 6.81. The highest BCUT2D eigenvalue weighted by atomic mass is 16.6. The molecule has 0 N–H and O–H groups in total. The van der Waals surface area contributed by atoms with Crippen LogP contribution in [-0.4, -0.2) is 25.2 Å². The predicted octanol–water partition coefficient (Wildman–Crippen LogP) is 3.34. The van der Waals surface area contributed by atoms with Gasteiger partial charge in [0, 0.05) is 12.0 Å². The van der Waals surface area contributed by atoms with Crippen LogP contribution in [0, 0.1) is 0 Å². The molecule has 3 rings (SSSR count). The molecule has 5 heteroatoms. The van der Waals surface area contributed by atoms with Crippen LogP contribution >= 0.6 is 0 Å². The molecule has 25 heavy (non-hydrogen) atoms. The highest BCUT2D eigenvalue weighted by Gasteiger charge is 2.31. The number of fused-ring (bicyclic) bond motifs is 1. The molecular formula is C20H18O5. The largest absolute Gasteiger partial charge is 0.497 e. The molecule has 1 aromatic rings. The van der Waals surface area contributed by atoms with Crippen molar-refractivity contribution >= 4 is 17.5 Å². The summed E-state index contributed by atoms with van der Waals surface area (Å²) in [6.07, 6.45) is 5.20. The summed E-state index contributed by atoms with van der Waals surface area (Å²) in [5.74, 6) is 0.283. The molecular weight excluding hydrogens is 320 g/mol. The third-order valence-electron chi connectivity index (χ3n) is 3.97. The van der Waals surface area contributed by atoms with Crippen molar-refractivity contribution < 1.29 is 23.8 Å². The second-order valence-corrected chi connectivity index (χ2v) is 5.85. The Hall–Kier alpha value is -3.08. The molecule has 128 valence electrons. The van der Waals surface area contributed by atoms with Gasteiger partial charge < -0.3 is 14.2 Å². The van der Waals surface area contributed by atoms with Crippen LogP contribution in [0.25, 0.3) is 5.57 Å². The zero-order valence-corrected chi connectivity index (χ0v) is 14.1. The van der Waals surface area contributed by atoms with E-state index in [-0.39, 0.29) is 0 Å². The van der Waals surface area contributed by atoms with Gasteiger partial charge in [-0.05, 0) is 42.3 Å². The van der Waals surface area contributed by atoms with E-state index in [1.165, 1.54) is 0 Å². The van der Waals surface area contributed by atoms with Gasteiger partial charge in [-0.2, -0.15) is 0 Å². The first-order valence-corrected chi connectivity index (χ1v) is 7.83. The van der Waals surface area contributed by atoms with Gasteiger partial charge in [0.2, 0.25) is 0 Å². The number of rotatable bonds is 4. The number of hydrogen-bond acceptors (Lipinski definition) is 5. The number of allylic oxidation sites excluding steroid dienone is 2. The number of methoxy groups -OCH3 is 1. The first-order chi connectivity index (χ1) is 12.0. The van der Waals surface area contributed by atoms with E-state index in [1.54, 1.807) is 38.3 Å². The lowest BCUT2D eigenvalue weighted by Gasteiger charge is -2.27.